The fourth-order valence-corrected chi connectivity index (χ4v) is 4.20. The molecule has 0 bridgehead atoms. The van der Waals surface area contributed by atoms with Crippen LogP contribution >= 0.6 is 11.6 Å². The van der Waals surface area contributed by atoms with Crippen LogP contribution in [0.4, 0.5) is 0 Å². The molecule has 4 rings (SSSR count). The normalized spacial score (nSPS) is 29.3. The van der Waals surface area contributed by atoms with Crippen molar-refractivity contribution < 1.29 is 34.6 Å². The van der Waals surface area contributed by atoms with Crippen LogP contribution in [-0.2, 0) is 15.9 Å². The van der Waals surface area contributed by atoms with Crippen LogP contribution in [0.3, 0.4) is 0 Å². The van der Waals surface area contributed by atoms with E-state index in [4.69, 9.17) is 30.9 Å². The molecule has 2 fully saturated rings. The first-order valence-corrected chi connectivity index (χ1v) is 10.8. The number of halogens is 1. The van der Waals surface area contributed by atoms with Crippen LogP contribution in [0.2, 0.25) is 5.02 Å². The van der Waals surface area contributed by atoms with E-state index in [1.54, 1.807) is 12.1 Å². The molecule has 4 N–H and O–H groups in total. The zero-order valence-corrected chi connectivity index (χ0v) is 17.7. The molecule has 2 aliphatic rings. The molecule has 0 saturated carbocycles. The lowest BCUT2D eigenvalue weighted by molar-refractivity contribution is -0.0820. The lowest BCUT2D eigenvalue weighted by Gasteiger charge is -2.19. The number of ether oxygens (including phenoxy) is 3. The Labute approximate surface area is 185 Å². The Balaban J connectivity index is 1.47. The Morgan fingerprint density at radius 1 is 1.10 bits per heavy atom. The second kappa shape index (κ2) is 9.83. The molecule has 7 nitrogen and oxygen atoms in total. The Morgan fingerprint density at radius 3 is 2.55 bits per heavy atom. The number of benzene rings is 2. The van der Waals surface area contributed by atoms with E-state index in [9.17, 15) is 15.3 Å². The van der Waals surface area contributed by atoms with Crippen molar-refractivity contribution in [3.63, 3.8) is 0 Å². The molecular formula is C23H27ClO7. The predicted octanol–water partition coefficient (Wildman–Crippen LogP) is 1.61. The van der Waals surface area contributed by atoms with Gasteiger partial charge in [-0.3, -0.25) is 0 Å². The van der Waals surface area contributed by atoms with Gasteiger partial charge in [-0.1, -0.05) is 35.9 Å². The van der Waals surface area contributed by atoms with Crippen LogP contribution in [0.25, 0.3) is 0 Å². The van der Waals surface area contributed by atoms with Crippen LogP contribution in [0, 0.1) is 0 Å². The molecule has 0 aliphatic carbocycles. The largest absolute Gasteiger partial charge is 0.488 e. The molecule has 6 atom stereocenters. The van der Waals surface area contributed by atoms with E-state index < -0.39 is 37.1 Å². The van der Waals surface area contributed by atoms with E-state index in [2.05, 4.69) is 0 Å². The van der Waals surface area contributed by atoms with Crippen LogP contribution in [0.15, 0.2) is 42.5 Å². The van der Waals surface area contributed by atoms with Crippen LogP contribution in [0.5, 0.6) is 5.75 Å². The third kappa shape index (κ3) is 5.04. The van der Waals surface area contributed by atoms with Gasteiger partial charge < -0.3 is 34.6 Å². The van der Waals surface area contributed by atoms with Gasteiger partial charge in [-0.15, -0.1) is 0 Å². The summed E-state index contributed by atoms with van der Waals surface area (Å²) in [6.07, 6.45) is -4.15. The minimum Gasteiger partial charge on any atom is -0.488 e. The van der Waals surface area contributed by atoms with Crippen molar-refractivity contribution in [3.05, 3.63) is 64.2 Å². The fraction of sp³-hybridized carbons (Fsp3) is 0.478. The maximum absolute atomic E-state index is 10.4. The average molecular weight is 451 g/mol. The predicted molar refractivity (Wildman–Crippen MR) is 113 cm³/mol. The Hall–Kier alpha value is -1.71. The lowest BCUT2D eigenvalue weighted by atomic mass is 9.96. The molecule has 0 aromatic heterocycles. The van der Waals surface area contributed by atoms with Crippen LogP contribution in [-0.4, -0.2) is 70.8 Å². The standard InChI is InChI=1S/C23H27ClO7/c24-18-6-3-14(22-20(27)21(28)23(31-22)19(26)11-25)10-15(18)9-13-1-4-16(5-2-13)30-17-7-8-29-12-17/h1-6,10,17,19-23,25-28H,7-9,11-12H2/t17-,19+,20+,21+,22?,23-/m0/s1. The first-order valence-electron chi connectivity index (χ1n) is 10.4. The van der Waals surface area contributed by atoms with Gasteiger partial charge in [0.1, 0.15) is 42.4 Å². The van der Waals surface area contributed by atoms with Crippen molar-refractivity contribution in [2.75, 3.05) is 19.8 Å². The van der Waals surface area contributed by atoms with Gasteiger partial charge in [-0.05, 0) is 41.3 Å². The summed E-state index contributed by atoms with van der Waals surface area (Å²) in [6, 6.07) is 13.1. The van der Waals surface area contributed by atoms with Crippen molar-refractivity contribution >= 4 is 11.6 Å². The molecule has 0 amide bonds. The SMILES string of the molecule is OC[C@@H](O)[C@@H]1OC(c2ccc(Cl)c(Cc3ccc(O[C@H]4CCOC4)cc3)c2)[C@H](O)[C@H]1O. The Kier molecular flexibility index (Phi) is 7.13. The third-order valence-corrected chi connectivity index (χ3v) is 6.14. The highest BCUT2D eigenvalue weighted by Gasteiger charge is 2.46. The molecule has 2 aromatic carbocycles. The second-order valence-electron chi connectivity index (χ2n) is 8.03. The molecule has 2 heterocycles. The van der Waals surface area contributed by atoms with Crippen molar-refractivity contribution in [3.8, 4) is 5.75 Å². The highest BCUT2D eigenvalue weighted by molar-refractivity contribution is 6.31. The summed E-state index contributed by atoms with van der Waals surface area (Å²) in [6.45, 7) is 0.776. The van der Waals surface area contributed by atoms with Gasteiger partial charge in [0.15, 0.2) is 0 Å². The van der Waals surface area contributed by atoms with Gasteiger partial charge in [0, 0.05) is 11.4 Å². The third-order valence-electron chi connectivity index (χ3n) is 5.77. The van der Waals surface area contributed by atoms with Gasteiger partial charge in [-0.25, -0.2) is 0 Å². The smallest absolute Gasteiger partial charge is 0.124 e. The first-order chi connectivity index (χ1) is 15.0. The minimum absolute atomic E-state index is 0.0957. The summed E-state index contributed by atoms with van der Waals surface area (Å²) >= 11 is 6.40. The molecule has 1 unspecified atom stereocenters. The molecule has 2 aliphatic heterocycles. The Morgan fingerprint density at radius 2 is 1.87 bits per heavy atom. The fourth-order valence-electron chi connectivity index (χ4n) is 4.01. The summed E-state index contributed by atoms with van der Waals surface area (Å²) in [4.78, 5) is 0. The van der Waals surface area contributed by atoms with Gasteiger partial charge in [0.05, 0.1) is 19.8 Å². The second-order valence-corrected chi connectivity index (χ2v) is 8.43. The topological polar surface area (TPSA) is 109 Å². The van der Waals surface area contributed by atoms with E-state index in [0.29, 0.717) is 23.6 Å². The molecular weight excluding hydrogens is 424 g/mol. The quantitative estimate of drug-likeness (QED) is 0.507. The molecule has 8 heteroatoms. The summed E-state index contributed by atoms with van der Waals surface area (Å²) < 4.78 is 16.9. The number of aliphatic hydroxyl groups is 4. The van der Waals surface area contributed by atoms with Gasteiger partial charge in [0.25, 0.3) is 0 Å². The highest BCUT2D eigenvalue weighted by atomic mass is 35.5. The molecule has 0 spiro atoms. The van der Waals surface area contributed by atoms with E-state index in [-0.39, 0.29) is 6.10 Å². The van der Waals surface area contributed by atoms with Crippen molar-refractivity contribution in [1.82, 2.24) is 0 Å². The summed E-state index contributed by atoms with van der Waals surface area (Å²) in [5, 5.41) is 40.1. The first kappa shape index (κ1) is 22.5. The minimum atomic E-state index is -1.30. The zero-order valence-electron chi connectivity index (χ0n) is 16.9. The Bertz CT molecular complexity index is 869. The summed E-state index contributed by atoms with van der Waals surface area (Å²) in [5.41, 5.74) is 2.52. The molecule has 168 valence electrons. The average Bonchev–Trinajstić information content (AvgIpc) is 3.39. The van der Waals surface area contributed by atoms with Crippen molar-refractivity contribution in [1.29, 1.82) is 0 Å². The van der Waals surface area contributed by atoms with Gasteiger partial charge in [0.2, 0.25) is 0 Å². The van der Waals surface area contributed by atoms with E-state index in [1.165, 1.54) is 0 Å². The molecule has 0 radical (unpaired) electrons. The monoisotopic (exact) mass is 450 g/mol. The molecule has 31 heavy (non-hydrogen) atoms. The van der Waals surface area contributed by atoms with Crippen molar-refractivity contribution in [2.45, 2.75) is 49.5 Å². The van der Waals surface area contributed by atoms with Gasteiger partial charge in [-0.2, -0.15) is 0 Å². The van der Waals surface area contributed by atoms with E-state index in [1.807, 2.05) is 30.3 Å². The molecule has 2 saturated heterocycles. The van der Waals surface area contributed by atoms with Crippen LogP contribution < -0.4 is 4.74 Å². The zero-order chi connectivity index (χ0) is 22.0. The van der Waals surface area contributed by atoms with E-state index in [0.717, 1.165) is 29.9 Å². The van der Waals surface area contributed by atoms with Crippen molar-refractivity contribution in [2.24, 2.45) is 0 Å². The number of hydrogen-bond donors (Lipinski definition) is 4. The maximum Gasteiger partial charge on any atom is 0.124 e. The number of rotatable bonds is 7. The lowest BCUT2D eigenvalue weighted by Crippen LogP contribution is -2.40. The van der Waals surface area contributed by atoms with Gasteiger partial charge >= 0.3 is 0 Å². The van der Waals surface area contributed by atoms with E-state index >= 15 is 0 Å². The highest BCUT2D eigenvalue weighted by Crippen LogP contribution is 2.36. The summed E-state index contributed by atoms with van der Waals surface area (Å²) in [5.74, 6) is 0.795. The maximum atomic E-state index is 10.4. The molecule has 2 aromatic rings. The summed E-state index contributed by atoms with van der Waals surface area (Å²) in [7, 11) is 0. The van der Waals surface area contributed by atoms with Crippen LogP contribution in [0.1, 0.15) is 29.2 Å². The number of aliphatic hydroxyl groups excluding tert-OH is 4. The number of hydrogen-bond acceptors (Lipinski definition) is 7.